The van der Waals surface area contributed by atoms with Crippen molar-refractivity contribution < 1.29 is 19.8 Å². The normalized spacial score (nSPS) is 10.2. The molecule has 0 saturated carbocycles. The number of carbonyl (C=O) groups is 2. The third-order valence-electron chi connectivity index (χ3n) is 1.72. The molecule has 0 bridgehead atoms. The fraction of sp³-hybridized carbons (Fsp3) is 0. The number of tetrazole rings is 1. The number of aromatic carboxylic acids is 2. The van der Waals surface area contributed by atoms with Crippen molar-refractivity contribution in [3.63, 3.8) is 0 Å². The number of aromatic amines is 1. The molecule has 0 aliphatic carbocycles. The first-order chi connectivity index (χ1) is 7.59. The van der Waals surface area contributed by atoms with E-state index in [1.54, 1.807) is 0 Å². The summed E-state index contributed by atoms with van der Waals surface area (Å²) >= 11 is 0.653. The summed E-state index contributed by atoms with van der Waals surface area (Å²) in [5.74, 6) is -2.36. The molecular weight excluding hydrogens is 236 g/mol. The SMILES string of the molecule is O=C(O)c1cc(-c2nn[nH]n2)c(C(=O)O)s1. The van der Waals surface area contributed by atoms with Crippen LogP contribution in [0.15, 0.2) is 6.07 Å². The topological polar surface area (TPSA) is 129 Å². The van der Waals surface area contributed by atoms with E-state index in [9.17, 15) is 9.59 Å². The van der Waals surface area contributed by atoms with Crippen LogP contribution in [-0.4, -0.2) is 42.8 Å². The summed E-state index contributed by atoms with van der Waals surface area (Å²) in [5.41, 5.74) is 0.142. The summed E-state index contributed by atoms with van der Waals surface area (Å²) in [6.45, 7) is 0. The fourth-order valence-electron chi connectivity index (χ4n) is 1.10. The van der Waals surface area contributed by atoms with Gasteiger partial charge in [0.1, 0.15) is 9.75 Å². The number of rotatable bonds is 3. The average Bonchev–Trinajstić information content (AvgIpc) is 2.86. The number of thiophene rings is 1. The van der Waals surface area contributed by atoms with Crippen LogP contribution in [0.2, 0.25) is 0 Å². The van der Waals surface area contributed by atoms with Crippen molar-refractivity contribution in [3.8, 4) is 11.4 Å². The van der Waals surface area contributed by atoms with Gasteiger partial charge in [0.2, 0.25) is 5.82 Å². The number of nitrogens with zero attached hydrogens (tertiary/aromatic N) is 3. The molecule has 0 aliphatic heterocycles. The van der Waals surface area contributed by atoms with E-state index in [-0.39, 0.29) is 21.1 Å². The van der Waals surface area contributed by atoms with Crippen molar-refractivity contribution in [2.45, 2.75) is 0 Å². The summed E-state index contributed by atoms with van der Waals surface area (Å²) in [4.78, 5) is 21.4. The van der Waals surface area contributed by atoms with Crippen LogP contribution in [0, 0.1) is 0 Å². The molecule has 0 amide bonds. The third-order valence-corrected chi connectivity index (χ3v) is 2.83. The molecule has 2 rings (SSSR count). The number of carboxylic acid groups (broad SMARTS) is 2. The molecule has 0 spiro atoms. The Bertz CT molecular complexity index is 547. The van der Waals surface area contributed by atoms with Crippen molar-refractivity contribution in [2.24, 2.45) is 0 Å². The average molecular weight is 240 g/mol. The number of hydrogen-bond acceptors (Lipinski definition) is 6. The van der Waals surface area contributed by atoms with Gasteiger partial charge in [-0.15, -0.1) is 21.5 Å². The predicted molar refractivity (Wildman–Crippen MR) is 51.4 cm³/mol. The van der Waals surface area contributed by atoms with E-state index in [1.807, 2.05) is 0 Å². The largest absolute Gasteiger partial charge is 0.477 e. The van der Waals surface area contributed by atoms with Crippen LogP contribution in [0.3, 0.4) is 0 Å². The van der Waals surface area contributed by atoms with Crippen molar-refractivity contribution >= 4 is 23.3 Å². The maximum Gasteiger partial charge on any atom is 0.346 e. The summed E-state index contributed by atoms with van der Waals surface area (Å²) in [6.07, 6.45) is 0. The van der Waals surface area contributed by atoms with Gasteiger partial charge in [0.25, 0.3) is 0 Å². The molecule has 82 valence electrons. The first kappa shape index (κ1) is 10.2. The highest BCUT2D eigenvalue weighted by Crippen LogP contribution is 2.29. The Labute approximate surface area is 91.5 Å². The Hall–Kier alpha value is -2.29. The molecule has 0 radical (unpaired) electrons. The van der Waals surface area contributed by atoms with Gasteiger partial charge in [-0.2, -0.15) is 5.21 Å². The van der Waals surface area contributed by atoms with E-state index in [2.05, 4.69) is 20.6 Å². The number of hydrogen-bond donors (Lipinski definition) is 3. The van der Waals surface area contributed by atoms with Crippen LogP contribution in [0.1, 0.15) is 19.3 Å². The second-order valence-corrected chi connectivity index (χ2v) is 3.75. The highest BCUT2D eigenvalue weighted by molar-refractivity contribution is 7.16. The number of nitrogens with one attached hydrogen (secondary N) is 1. The van der Waals surface area contributed by atoms with E-state index in [0.29, 0.717) is 11.3 Å². The van der Waals surface area contributed by atoms with Gasteiger partial charge in [0.15, 0.2) is 0 Å². The lowest BCUT2D eigenvalue weighted by molar-refractivity contribution is 0.0693. The van der Waals surface area contributed by atoms with Gasteiger partial charge in [-0.3, -0.25) is 0 Å². The van der Waals surface area contributed by atoms with Crippen molar-refractivity contribution in [1.29, 1.82) is 0 Å². The molecule has 0 unspecified atom stereocenters. The predicted octanol–water partition coefficient (Wildman–Crippen LogP) is 0.325. The highest BCUT2D eigenvalue weighted by Gasteiger charge is 2.22. The lowest BCUT2D eigenvalue weighted by atomic mass is 10.2. The van der Waals surface area contributed by atoms with Crippen LogP contribution < -0.4 is 0 Å². The van der Waals surface area contributed by atoms with Crippen LogP contribution in [-0.2, 0) is 0 Å². The van der Waals surface area contributed by atoms with Crippen molar-refractivity contribution in [3.05, 3.63) is 15.8 Å². The van der Waals surface area contributed by atoms with E-state index < -0.39 is 11.9 Å². The third kappa shape index (κ3) is 1.63. The quantitative estimate of drug-likeness (QED) is 0.704. The molecule has 0 atom stereocenters. The Balaban J connectivity index is 2.59. The van der Waals surface area contributed by atoms with Crippen LogP contribution in [0.4, 0.5) is 0 Å². The molecule has 16 heavy (non-hydrogen) atoms. The molecular formula is C7H4N4O4S. The molecule has 2 aromatic heterocycles. The minimum absolute atomic E-state index is 0.0566. The molecule has 3 N–H and O–H groups in total. The Kier molecular flexibility index (Phi) is 2.37. The fourth-order valence-corrected chi connectivity index (χ4v) is 1.93. The van der Waals surface area contributed by atoms with Gasteiger partial charge in [-0.1, -0.05) is 0 Å². The van der Waals surface area contributed by atoms with Crippen LogP contribution in [0.5, 0.6) is 0 Å². The van der Waals surface area contributed by atoms with Gasteiger partial charge in [0.05, 0.1) is 0 Å². The molecule has 9 heteroatoms. The molecule has 2 aromatic rings. The minimum atomic E-state index is -1.22. The van der Waals surface area contributed by atoms with E-state index >= 15 is 0 Å². The van der Waals surface area contributed by atoms with E-state index in [4.69, 9.17) is 10.2 Å². The van der Waals surface area contributed by atoms with Gasteiger partial charge >= 0.3 is 11.9 Å². The number of aromatic nitrogens is 4. The zero-order chi connectivity index (χ0) is 11.7. The maximum absolute atomic E-state index is 10.9. The first-order valence-corrected chi connectivity index (χ1v) is 4.75. The number of carboxylic acids is 2. The Morgan fingerprint density at radius 1 is 1.31 bits per heavy atom. The molecule has 8 nitrogen and oxygen atoms in total. The lowest BCUT2D eigenvalue weighted by Crippen LogP contribution is -1.95. The van der Waals surface area contributed by atoms with E-state index in [1.165, 1.54) is 6.07 Å². The summed E-state index contributed by atoms with van der Waals surface area (Å²) in [7, 11) is 0. The second-order valence-electron chi connectivity index (χ2n) is 2.70. The summed E-state index contributed by atoms with van der Waals surface area (Å²) in [5, 5.41) is 30.3. The second kappa shape index (κ2) is 3.70. The molecule has 0 fully saturated rings. The van der Waals surface area contributed by atoms with Gasteiger partial charge in [-0.05, 0) is 11.3 Å². The first-order valence-electron chi connectivity index (χ1n) is 3.94. The number of H-pyrrole nitrogens is 1. The molecule has 0 aromatic carbocycles. The summed E-state index contributed by atoms with van der Waals surface area (Å²) < 4.78 is 0. The highest BCUT2D eigenvalue weighted by atomic mass is 32.1. The standard InChI is InChI=1S/C7H4N4O4S/c12-6(13)3-1-2(4(16-3)7(14)15)5-8-10-11-9-5/h1H,(H,12,13)(H,14,15)(H,8,9,10,11). The molecule has 2 heterocycles. The zero-order valence-corrected chi connectivity index (χ0v) is 8.35. The monoisotopic (exact) mass is 240 g/mol. The zero-order valence-electron chi connectivity index (χ0n) is 7.54. The van der Waals surface area contributed by atoms with E-state index in [0.717, 1.165) is 0 Å². The van der Waals surface area contributed by atoms with Crippen LogP contribution >= 0.6 is 11.3 Å². The Morgan fingerprint density at radius 3 is 2.56 bits per heavy atom. The molecule has 0 saturated heterocycles. The van der Waals surface area contributed by atoms with Gasteiger partial charge in [-0.25, -0.2) is 9.59 Å². The van der Waals surface area contributed by atoms with Gasteiger partial charge in [0, 0.05) is 5.56 Å². The Morgan fingerprint density at radius 2 is 2.06 bits per heavy atom. The summed E-state index contributed by atoms with van der Waals surface area (Å²) in [6, 6.07) is 1.21. The lowest BCUT2D eigenvalue weighted by Gasteiger charge is -1.90. The maximum atomic E-state index is 10.9. The van der Waals surface area contributed by atoms with Crippen LogP contribution in [0.25, 0.3) is 11.4 Å². The minimum Gasteiger partial charge on any atom is -0.477 e. The van der Waals surface area contributed by atoms with Crippen molar-refractivity contribution in [1.82, 2.24) is 20.6 Å². The smallest absolute Gasteiger partial charge is 0.346 e. The van der Waals surface area contributed by atoms with Gasteiger partial charge < -0.3 is 10.2 Å². The van der Waals surface area contributed by atoms with Crippen molar-refractivity contribution in [2.75, 3.05) is 0 Å². The molecule has 0 aliphatic rings.